The summed E-state index contributed by atoms with van der Waals surface area (Å²) in [6.07, 6.45) is -4.52. The van der Waals surface area contributed by atoms with Crippen molar-refractivity contribution in [3.8, 4) is 0 Å². The molecule has 0 saturated carbocycles. The summed E-state index contributed by atoms with van der Waals surface area (Å²) >= 11 is 0. The lowest BCUT2D eigenvalue weighted by atomic mass is 9.87. The Balaban J connectivity index is 3.58. The lowest BCUT2D eigenvalue weighted by Gasteiger charge is -2.34. The smallest absolute Gasteiger partial charge is 0.416 e. The van der Waals surface area contributed by atoms with Crippen LogP contribution in [0, 0.1) is 0 Å². The van der Waals surface area contributed by atoms with Crippen molar-refractivity contribution < 1.29 is 27.9 Å². The Morgan fingerprint density at radius 3 is 2.11 bits per heavy atom. The van der Waals surface area contributed by atoms with Crippen LogP contribution in [0.1, 0.15) is 18.1 Å². The van der Waals surface area contributed by atoms with Crippen LogP contribution in [-0.4, -0.2) is 29.4 Å². The van der Waals surface area contributed by atoms with E-state index < -0.39 is 28.8 Å². The molecule has 0 fully saturated rings. The van der Waals surface area contributed by atoms with Gasteiger partial charge in [-0.1, -0.05) is 18.2 Å². The molecule has 0 aliphatic heterocycles. The highest BCUT2D eigenvalue weighted by Crippen LogP contribution is 2.38. The second kappa shape index (κ2) is 4.91. The SMILES string of the molecule is CN(C=O)C(C)(C(=O)O)c1ccccc1C(F)(F)F. The quantitative estimate of drug-likeness (QED) is 0.856. The molecule has 1 rings (SSSR count). The van der Waals surface area contributed by atoms with Gasteiger partial charge in [0.15, 0.2) is 5.54 Å². The van der Waals surface area contributed by atoms with Gasteiger partial charge in [0.05, 0.1) is 5.56 Å². The Morgan fingerprint density at radius 2 is 1.74 bits per heavy atom. The zero-order valence-corrected chi connectivity index (χ0v) is 10.2. The third-order valence-corrected chi connectivity index (χ3v) is 3.04. The Bertz CT molecular complexity index is 501. The first kappa shape index (κ1) is 15.0. The van der Waals surface area contributed by atoms with Crippen molar-refractivity contribution in [3.63, 3.8) is 0 Å². The largest absolute Gasteiger partial charge is 0.479 e. The standard InChI is InChI=1S/C12H12F3NO3/c1-11(10(18)19,16(2)7-17)8-5-3-4-6-9(8)12(13,14)15/h3-7H,1-2H3,(H,18,19). The van der Waals surface area contributed by atoms with Gasteiger partial charge in [0.1, 0.15) is 0 Å². The summed E-state index contributed by atoms with van der Waals surface area (Å²) in [7, 11) is 1.12. The third kappa shape index (κ3) is 2.54. The number of hydrogen-bond donors (Lipinski definition) is 1. The predicted octanol–water partition coefficient (Wildman–Crippen LogP) is 2.09. The van der Waals surface area contributed by atoms with Gasteiger partial charge in [0, 0.05) is 12.6 Å². The number of benzene rings is 1. The lowest BCUT2D eigenvalue weighted by Crippen LogP contribution is -2.48. The van der Waals surface area contributed by atoms with Crippen LogP contribution >= 0.6 is 0 Å². The third-order valence-electron chi connectivity index (χ3n) is 3.04. The van der Waals surface area contributed by atoms with Gasteiger partial charge < -0.3 is 10.0 Å². The van der Waals surface area contributed by atoms with Crippen molar-refractivity contribution in [1.82, 2.24) is 4.90 Å². The van der Waals surface area contributed by atoms with Crippen LogP contribution in [0.15, 0.2) is 24.3 Å². The maximum Gasteiger partial charge on any atom is 0.416 e. The molecule has 19 heavy (non-hydrogen) atoms. The van der Waals surface area contributed by atoms with Crippen molar-refractivity contribution in [2.24, 2.45) is 0 Å². The molecule has 0 heterocycles. The molecule has 1 atom stereocenters. The first-order valence-corrected chi connectivity index (χ1v) is 5.24. The number of carbonyl (C=O) groups is 2. The first-order valence-electron chi connectivity index (χ1n) is 5.24. The number of carboxylic acid groups (broad SMARTS) is 1. The maximum atomic E-state index is 12.9. The normalized spacial score (nSPS) is 14.6. The first-order chi connectivity index (χ1) is 8.65. The Labute approximate surface area is 107 Å². The molecule has 4 nitrogen and oxygen atoms in total. The van der Waals surface area contributed by atoms with Gasteiger partial charge in [0.25, 0.3) is 0 Å². The summed E-state index contributed by atoms with van der Waals surface area (Å²) in [4.78, 5) is 22.8. The maximum absolute atomic E-state index is 12.9. The molecule has 0 spiro atoms. The fourth-order valence-corrected chi connectivity index (χ4v) is 1.72. The Kier molecular flexibility index (Phi) is 3.88. The van der Waals surface area contributed by atoms with E-state index in [1.807, 2.05) is 0 Å². The summed E-state index contributed by atoms with van der Waals surface area (Å²) < 4.78 is 38.7. The molecule has 0 aromatic heterocycles. The van der Waals surface area contributed by atoms with Crippen molar-refractivity contribution in [1.29, 1.82) is 0 Å². The summed E-state index contributed by atoms with van der Waals surface area (Å²) in [5.41, 5.74) is -3.65. The molecule has 0 bridgehead atoms. The molecule has 1 amide bonds. The van der Waals surface area contributed by atoms with Crippen LogP contribution in [0.25, 0.3) is 0 Å². The highest BCUT2D eigenvalue weighted by molar-refractivity contribution is 5.83. The topological polar surface area (TPSA) is 57.6 Å². The van der Waals surface area contributed by atoms with Gasteiger partial charge in [-0.05, 0) is 13.0 Å². The van der Waals surface area contributed by atoms with Crippen LogP contribution in [-0.2, 0) is 21.3 Å². The van der Waals surface area contributed by atoms with Crippen LogP contribution < -0.4 is 0 Å². The van der Waals surface area contributed by atoms with E-state index in [2.05, 4.69) is 0 Å². The molecular weight excluding hydrogens is 263 g/mol. The Hall–Kier alpha value is -2.05. The number of carboxylic acids is 1. The monoisotopic (exact) mass is 275 g/mol. The molecule has 1 N–H and O–H groups in total. The molecule has 0 aliphatic carbocycles. The van der Waals surface area contributed by atoms with Crippen molar-refractivity contribution in [3.05, 3.63) is 35.4 Å². The molecule has 1 aromatic carbocycles. The Morgan fingerprint density at radius 1 is 1.26 bits per heavy atom. The zero-order valence-electron chi connectivity index (χ0n) is 10.2. The van der Waals surface area contributed by atoms with Crippen LogP contribution in [0.5, 0.6) is 0 Å². The van der Waals surface area contributed by atoms with Crippen LogP contribution in [0.4, 0.5) is 13.2 Å². The van der Waals surface area contributed by atoms with Crippen molar-refractivity contribution in [2.45, 2.75) is 18.6 Å². The van der Waals surface area contributed by atoms with E-state index >= 15 is 0 Å². The van der Waals surface area contributed by atoms with Gasteiger partial charge >= 0.3 is 12.1 Å². The average molecular weight is 275 g/mol. The number of amides is 1. The number of halogens is 3. The molecule has 0 saturated heterocycles. The van der Waals surface area contributed by atoms with E-state index in [1.165, 1.54) is 6.07 Å². The van der Waals surface area contributed by atoms with Crippen LogP contribution in [0.3, 0.4) is 0 Å². The number of alkyl halides is 3. The minimum atomic E-state index is -4.70. The number of rotatable bonds is 4. The lowest BCUT2D eigenvalue weighted by molar-refractivity contribution is -0.155. The number of nitrogens with zero attached hydrogens (tertiary/aromatic N) is 1. The highest BCUT2D eigenvalue weighted by Gasteiger charge is 2.45. The molecule has 0 aliphatic rings. The fourth-order valence-electron chi connectivity index (χ4n) is 1.72. The summed E-state index contributed by atoms with van der Waals surface area (Å²) in [6.45, 7) is 1.05. The molecule has 1 aromatic rings. The number of hydrogen-bond acceptors (Lipinski definition) is 2. The van der Waals surface area contributed by atoms with Gasteiger partial charge in [-0.3, -0.25) is 4.79 Å². The van der Waals surface area contributed by atoms with E-state index in [4.69, 9.17) is 0 Å². The molecule has 1 unspecified atom stereocenters. The van der Waals surface area contributed by atoms with E-state index in [9.17, 15) is 27.9 Å². The van der Waals surface area contributed by atoms with Gasteiger partial charge in [-0.15, -0.1) is 0 Å². The van der Waals surface area contributed by atoms with E-state index in [0.29, 0.717) is 4.90 Å². The number of carbonyl (C=O) groups excluding carboxylic acids is 1. The van der Waals surface area contributed by atoms with Crippen LogP contribution in [0.2, 0.25) is 0 Å². The minimum absolute atomic E-state index is 0.182. The number of likely N-dealkylation sites (N-methyl/N-ethyl adjacent to an activating group) is 1. The molecule has 7 heteroatoms. The predicted molar refractivity (Wildman–Crippen MR) is 60.3 cm³/mol. The van der Waals surface area contributed by atoms with Crippen molar-refractivity contribution in [2.75, 3.05) is 7.05 Å². The summed E-state index contributed by atoms with van der Waals surface area (Å²) in [5.74, 6) is -1.54. The van der Waals surface area contributed by atoms with E-state index in [1.54, 1.807) is 0 Å². The summed E-state index contributed by atoms with van der Waals surface area (Å²) in [6, 6.07) is 4.30. The van der Waals surface area contributed by atoms with Gasteiger partial charge in [-0.2, -0.15) is 13.2 Å². The number of aliphatic carboxylic acids is 1. The fraction of sp³-hybridized carbons (Fsp3) is 0.333. The average Bonchev–Trinajstić information content (AvgIpc) is 2.35. The van der Waals surface area contributed by atoms with E-state index in [0.717, 1.165) is 32.2 Å². The van der Waals surface area contributed by atoms with Crippen molar-refractivity contribution >= 4 is 12.4 Å². The molecular formula is C12H12F3NO3. The summed E-state index contributed by atoms with van der Waals surface area (Å²) in [5, 5.41) is 9.21. The second-order valence-corrected chi connectivity index (χ2v) is 4.14. The zero-order chi connectivity index (χ0) is 14.8. The highest BCUT2D eigenvalue weighted by atomic mass is 19.4. The van der Waals surface area contributed by atoms with Gasteiger partial charge in [-0.25, -0.2) is 4.79 Å². The minimum Gasteiger partial charge on any atom is -0.479 e. The molecule has 104 valence electrons. The second-order valence-electron chi connectivity index (χ2n) is 4.14. The van der Waals surface area contributed by atoms with E-state index in [-0.39, 0.29) is 6.41 Å². The van der Waals surface area contributed by atoms with Gasteiger partial charge in [0.2, 0.25) is 6.41 Å². The molecule has 0 radical (unpaired) electrons.